The highest BCUT2D eigenvalue weighted by Gasteiger charge is 2.22. The number of rotatable bonds is 4. The SMILES string of the molecule is CCN(Cc1ccccc1CN)C(=O)N1CCOCC1. The molecule has 5 heteroatoms. The van der Waals surface area contributed by atoms with E-state index in [-0.39, 0.29) is 6.03 Å². The summed E-state index contributed by atoms with van der Waals surface area (Å²) in [6.07, 6.45) is 0. The van der Waals surface area contributed by atoms with Crippen molar-refractivity contribution < 1.29 is 9.53 Å². The van der Waals surface area contributed by atoms with Gasteiger partial charge in [0.1, 0.15) is 0 Å². The van der Waals surface area contributed by atoms with Gasteiger partial charge in [0.25, 0.3) is 0 Å². The summed E-state index contributed by atoms with van der Waals surface area (Å²) in [6.45, 7) is 6.41. The van der Waals surface area contributed by atoms with Crippen LogP contribution in [0.3, 0.4) is 0 Å². The van der Waals surface area contributed by atoms with Crippen LogP contribution in [0, 0.1) is 0 Å². The zero-order valence-electron chi connectivity index (χ0n) is 12.0. The molecule has 0 saturated carbocycles. The van der Waals surface area contributed by atoms with Gasteiger partial charge in [0.2, 0.25) is 0 Å². The average molecular weight is 277 g/mol. The number of nitrogens with two attached hydrogens (primary N) is 1. The molecule has 0 atom stereocenters. The monoisotopic (exact) mass is 277 g/mol. The van der Waals surface area contributed by atoms with Crippen molar-refractivity contribution in [2.24, 2.45) is 5.73 Å². The molecule has 0 radical (unpaired) electrons. The van der Waals surface area contributed by atoms with Crippen molar-refractivity contribution in [3.05, 3.63) is 35.4 Å². The number of benzene rings is 1. The topological polar surface area (TPSA) is 58.8 Å². The van der Waals surface area contributed by atoms with Gasteiger partial charge in [-0.3, -0.25) is 0 Å². The Bertz CT molecular complexity index is 444. The fourth-order valence-corrected chi connectivity index (χ4v) is 2.39. The fourth-order valence-electron chi connectivity index (χ4n) is 2.39. The summed E-state index contributed by atoms with van der Waals surface area (Å²) in [6, 6.07) is 8.11. The molecular formula is C15H23N3O2. The number of hydrogen-bond donors (Lipinski definition) is 1. The van der Waals surface area contributed by atoms with Gasteiger partial charge in [0, 0.05) is 32.7 Å². The van der Waals surface area contributed by atoms with E-state index in [0.29, 0.717) is 45.9 Å². The van der Waals surface area contributed by atoms with Crippen molar-refractivity contribution in [3.63, 3.8) is 0 Å². The lowest BCUT2D eigenvalue weighted by Crippen LogP contribution is -2.47. The summed E-state index contributed by atoms with van der Waals surface area (Å²) in [4.78, 5) is 16.2. The fraction of sp³-hybridized carbons (Fsp3) is 0.533. The van der Waals surface area contributed by atoms with Crippen molar-refractivity contribution in [2.45, 2.75) is 20.0 Å². The van der Waals surface area contributed by atoms with Gasteiger partial charge >= 0.3 is 6.03 Å². The molecule has 0 unspecified atom stereocenters. The molecule has 1 aromatic rings. The second kappa shape index (κ2) is 7.26. The standard InChI is InChI=1S/C15H23N3O2/c1-2-17(15(19)18-7-9-20-10-8-18)12-14-6-4-3-5-13(14)11-16/h3-6H,2,7-12,16H2,1H3. The molecule has 1 saturated heterocycles. The Morgan fingerprint density at radius 2 is 1.95 bits per heavy atom. The van der Waals surface area contributed by atoms with E-state index < -0.39 is 0 Å². The smallest absolute Gasteiger partial charge is 0.320 e. The molecule has 2 amide bonds. The first-order valence-electron chi connectivity index (χ1n) is 7.14. The summed E-state index contributed by atoms with van der Waals surface area (Å²) in [5, 5.41) is 0. The first kappa shape index (κ1) is 14.8. The second-order valence-electron chi connectivity index (χ2n) is 4.87. The molecule has 1 aromatic carbocycles. The Balaban J connectivity index is 2.06. The molecule has 2 N–H and O–H groups in total. The van der Waals surface area contributed by atoms with E-state index in [9.17, 15) is 4.79 Å². The van der Waals surface area contributed by atoms with E-state index in [2.05, 4.69) is 0 Å². The minimum Gasteiger partial charge on any atom is -0.378 e. The molecule has 0 aromatic heterocycles. The van der Waals surface area contributed by atoms with E-state index >= 15 is 0 Å². The number of carbonyl (C=O) groups is 1. The van der Waals surface area contributed by atoms with Crippen molar-refractivity contribution >= 4 is 6.03 Å². The molecule has 1 aliphatic rings. The first-order chi connectivity index (χ1) is 9.76. The molecule has 5 nitrogen and oxygen atoms in total. The van der Waals surface area contributed by atoms with E-state index in [1.807, 2.05) is 41.0 Å². The Labute approximate surface area is 120 Å². The Morgan fingerprint density at radius 3 is 2.55 bits per heavy atom. The summed E-state index contributed by atoms with van der Waals surface area (Å²) < 4.78 is 5.29. The van der Waals surface area contributed by atoms with Gasteiger partial charge in [0.05, 0.1) is 13.2 Å². The molecule has 1 aliphatic heterocycles. The highest BCUT2D eigenvalue weighted by Crippen LogP contribution is 2.13. The van der Waals surface area contributed by atoms with Gasteiger partial charge in [-0.1, -0.05) is 24.3 Å². The summed E-state index contributed by atoms with van der Waals surface area (Å²) in [5.74, 6) is 0. The van der Waals surface area contributed by atoms with Crippen LogP contribution in [0.5, 0.6) is 0 Å². The largest absolute Gasteiger partial charge is 0.378 e. The predicted octanol–water partition coefficient (Wildman–Crippen LogP) is 1.42. The number of nitrogens with zero attached hydrogens (tertiary/aromatic N) is 2. The molecule has 2 rings (SSSR count). The minimum atomic E-state index is 0.0858. The van der Waals surface area contributed by atoms with Gasteiger partial charge in [-0.05, 0) is 18.1 Å². The van der Waals surface area contributed by atoms with Crippen LogP contribution in [0.4, 0.5) is 4.79 Å². The minimum absolute atomic E-state index is 0.0858. The third kappa shape index (κ3) is 3.49. The average Bonchev–Trinajstić information content (AvgIpc) is 2.53. The third-order valence-electron chi connectivity index (χ3n) is 3.63. The molecular weight excluding hydrogens is 254 g/mol. The van der Waals surface area contributed by atoms with Crippen LogP contribution in [0.1, 0.15) is 18.1 Å². The van der Waals surface area contributed by atoms with Crippen LogP contribution in [-0.4, -0.2) is 48.7 Å². The molecule has 1 fully saturated rings. The maximum Gasteiger partial charge on any atom is 0.320 e. The van der Waals surface area contributed by atoms with Crippen LogP contribution in [0.25, 0.3) is 0 Å². The van der Waals surface area contributed by atoms with Crippen molar-refractivity contribution in [3.8, 4) is 0 Å². The highest BCUT2D eigenvalue weighted by atomic mass is 16.5. The van der Waals surface area contributed by atoms with Crippen LogP contribution in [0.2, 0.25) is 0 Å². The van der Waals surface area contributed by atoms with E-state index in [0.717, 1.165) is 11.1 Å². The van der Waals surface area contributed by atoms with Crippen LogP contribution in [-0.2, 0) is 17.8 Å². The second-order valence-corrected chi connectivity index (χ2v) is 4.87. The lowest BCUT2D eigenvalue weighted by atomic mass is 10.1. The molecule has 0 spiro atoms. The zero-order chi connectivity index (χ0) is 14.4. The van der Waals surface area contributed by atoms with Crippen molar-refractivity contribution in [2.75, 3.05) is 32.8 Å². The molecule has 20 heavy (non-hydrogen) atoms. The maximum absolute atomic E-state index is 12.5. The number of morpholine rings is 1. The third-order valence-corrected chi connectivity index (χ3v) is 3.63. The van der Waals surface area contributed by atoms with Crippen molar-refractivity contribution in [1.82, 2.24) is 9.80 Å². The maximum atomic E-state index is 12.5. The van der Waals surface area contributed by atoms with Crippen molar-refractivity contribution in [1.29, 1.82) is 0 Å². The van der Waals surface area contributed by atoms with Gasteiger partial charge in [0.15, 0.2) is 0 Å². The van der Waals surface area contributed by atoms with Crippen LogP contribution < -0.4 is 5.73 Å². The number of urea groups is 1. The zero-order valence-corrected chi connectivity index (χ0v) is 12.0. The highest BCUT2D eigenvalue weighted by molar-refractivity contribution is 5.74. The molecule has 1 heterocycles. The number of carbonyl (C=O) groups excluding carboxylic acids is 1. The normalized spacial score (nSPS) is 15.2. The Morgan fingerprint density at radius 1 is 1.30 bits per heavy atom. The van der Waals surface area contributed by atoms with E-state index in [1.165, 1.54) is 0 Å². The summed E-state index contributed by atoms with van der Waals surface area (Å²) >= 11 is 0. The van der Waals surface area contributed by atoms with Crippen LogP contribution >= 0.6 is 0 Å². The summed E-state index contributed by atoms with van der Waals surface area (Å²) in [7, 11) is 0. The van der Waals surface area contributed by atoms with Gasteiger partial charge in [-0.2, -0.15) is 0 Å². The number of hydrogen-bond acceptors (Lipinski definition) is 3. The quantitative estimate of drug-likeness (QED) is 0.905. The Kier molecular flexibility index (Phi) is 5.38. The van der Waals surface area contributed by atoms with E-state index in [1.54, 1.807) is 0 Å². The van der Waals surface area contributed by atoms with Gasteiger partial charge in [-0.25, -0.2) is 4.79 Å². The summed E-state index contributed by atoms with van der Waals surface area (Å²) in [5.41, 5.74) is 7.98. The molecule has 0 bridgehead atoms. The number of amides is 2. The molecule has 110 valence electrons. The van der Waals surface area contributed by atoms with Crippen LogP contribution in [0.15, 0.2) is 24.3 Å². The van der Waals surface area contributed by atoms with E-state index in [4.69, 9.17) is 10.5 Å². The number of ether oxygens (including phenoxy) is 1. The predicted molar refractivity (Wildman–Crippen MR) is 78.2 cm³/mol. The first-order valence-corrected chi connectivity index (χ1v) is 7.14. The Hall–Kier alpha value is -1.59. The molecule has 0 aliphatic carbocycles. The van der Waals surface area contributed by atoms with Gasteiger partial charge < -0.3 is 20.3 Å². The lowest BCUT2D eigenvalue weighted by Gasteiger charge is -2.32. The lowest BCUT2D eigenvalue weighted by molar-refractivity contribution is 0.0430. The van der Waals surface area contributed by atoms with Gasteiger partial charge in [-0.15, -0.1) is 0 Å².